The van der Waals surface area contributed by atoms with Crippen LogP contribution in [0, 0.1) is 5.92 Å². The molecule has 0 radical (unpaired) electrons. The molecule has 1 aliphatic rings. The summed E-state index contributed by atoms with van der Waals surface area (Å²) in [7, 11) is 0. The monoisotopic (exact) mass is 473 g/mol. The molecule has 0 unspecified atom stereocenters. The van der Waals surface area contributed by atoms with Gasteiger partial charge in [0.15, 0.2) is 0 Å². The second kappa shape index (κ2) is 8.41. The van der Waals surface area contributed by atoms with Crippen LogP contribution < -0.4 is 10.6 Å². The Morgan fingerprint density at radius 1 is 0.818 bits per heavy atom. The first-order chi connectivity index (χ1) is 15.2. The molecule has 0 spiro atoms. The maximum absolute atomic E-state index is 13.0. The molecule has 176 valence electrons. The van der Waals surface area contributed by atoms with Gasteiger partial charge in [-0.15, -0.1) is 0 Å². The summed E-state index contributed by atoms with van der Waals surface area (Å²) >= 11 is 0. The summed E-state index contributed by atoms with van der Waals surface area (Å²) in [6.07, 6.45) is -10.1. The number of anilines is 2. The molecule has 1 aliphatic heterocycles. The molecule has 2 aromatic carbocycles. The highest BCUT2D eigenvalue weighted by Crippen LogP contribution is 2.37. The van der Waals surface area contributed by atoms with E-state index in [0.29, 0.717) is 12.1 Å². The number of rotatable bonds is 4. The molecule has 12 heteroatoms. The summed E-state index contributed by atoms with van der Waals surface area (Å²) in [5.74, 6) is -1.05. The molecule has 33 heavy (non-hydrogen) atoms. The van der Waals surface area contributed by atoms with Crippen LogP contribution in [-0.2, 0) is 12.4 Å². The summed E-state index contributed by atoms with van der Waals surface area (Å²) in [6.45, 7) is 3.82. The number of carbonyl (C=O) groups excluding carboxylic acids is 3. The molecule has 0 fully saturated rings. The number of hydrogen-bond acceptors (Lipinski definition) is 3. The normalized spacial score (nSPS) is 14.0. The summed E-state index contributed by atoms with van der Waals surface area (Å²) in [5.41, 5.74) is -3.73. The van der Waals surface area contributed by atoms with Crippen LogP contribution in [0.25, 0.3) is 0 Å². The predicted molar refractivity (Wildman–Crippen MR) is 106 cm³/mol. The average molecular weight is 473 g/mol. The van der Waals surface area contributed by atoms with Crippen molar-refractivity contribution in [1.82, 2.24) is 4.90 Å². The van der Waals surface area contributed by atoms with Gasteiger partial charge in [-0.2, -0.15) is 26.3 Å². The number of carbonyl (C=O) groups is 3. The molecule has 0 aromatic heterocycles. The quantitative estimate of drug-likeness (QED) is 0.447. The first-order valence-electron chi connectivity index (χ1n) is 9.54. The first kappa shape index (κ1) is 24.1. The van der Waals surface area contributed by atoms with Gasteiger partial charge in [0, 0.05) is 17.9 Å². The van der Waals surface area contributed by atoms with Crippen LogP contribution in [0.1, 0.15) is 45.7 Å². The number of amides is 4. The van der Waals surface area contributed by atoms with Crippen molar-refractivity contribution in [3.8, 4) is 0 Å². The van der Waals surface area contributed by atoms with E-state index >= 15 is 0 Å². The molecular formula is C21H17F6N3O3. The Hall–Kier alpha value is -3.57. The summed E-state index contributed by atoms with van der Waals surface area (Å²) in [5, 5.41) is 4.16. The van der Waals surface area contributed by atoms with Crippen molar-refractivity contribution in [2.24, 2.45) is 5.92 Å². The van der Waals surface area contributed by atoms with Gasteiger partial charge in [0.25, 0.3) is 11.8 Å². The van der Waals surface area contributed by atoms with Gasteiger partial charge in [0.2, 0.25) is 0 Å². The first-order valence-corrected chi connectivity index (χ1v) is 9.54. The molecule has 0 saturated carbocycles. The van der Waals surface area contributed by atoms with Gasteiger partial charge in [0.1, 0.15) is 0 Å². The van der Waals surface area contributed by atoms with Crippen LogP contribution in [0.15, 0.2) is 36.4 Å². The Morgan fingerprint density at radius 2 is 1.33 bits per heavy atom. The van der Waals surface area contributed by atoms with E-state index in [4.69, 9.17) is 0 Å². The largest absolute Gasteiger partial charge is 0.416 e. The average Bonchev–Trinajstić information content (AvgIpc) is 2.90. The minimum Gasteiger partial charge on any atom is -0.308 e. The van der Waals surface area contributed by atoms with Crippen LogP contribution in [0.4, 0.5) is 42.5 Å². The third kappa shape index (κ3) is 5.26. The molecule has 1 heterocycles. The van der Waals surface area contributed by atoms with Crippen LogP contribution in [0.5, 0.6) is 0 Å². The minimum atomic E-state index is -5.07. The number of imide groups is 1. The number of nitrogens with one attached hydrogen (secondary N) is 2. The van der Waals surface area contributed by atoms with Gasteiger partial charge in [-0.25, -0.2) is 4.79 Å². The topological polar surface area (TPSA) is 78.5 Å². The Kier molecular flexibility index (Phi) is 6.14. The minimum absolute atomic E-state index is 0.0156. The highest BCUT2D eigenvalue weighted by atomic mass is 19.4. The second-order valence-electron chi connectivity index (χ2n) is 7.75. The lowest BCUT2D eigenvalue weighted by Crippen LogP contribution is -2.33. The number of benzene rings is 2. The molecule has 0 aliphatic carbocycles. The number of halogens is 6. The van der Waals surface area contributed by atoms with Gasteiger partial charge in [-0.05, 0) is 42.3 Å². The fraction of sp³-hybridized carbons (Fsp3) is 0.286. The maximum Gasteiger partial charge on any atom is 0.416 e. The summed E-state index contributed by atoms with van der Waals surface area (Å²) in [6, 6.07) is 3.33. The molecule has 4 amide bonds. The van der Waals surface area contributed by atoms with Gasteiger partial charge >= 0.3 is 18.4 Å². The summed E-state index contributed by atoms with van der Waals surface area (Å²) < 4.78 is 77.8. The van der Waals surface area contributed by atoms with Gasteiger partial charge in [-0.1, -0.05) is 13.8 Å². The fourth-order valence-corrected chi connectivity index (χ4v) is 3.22. The lowest BCUT2D eigenvalue weighted by molar-refractivity contribution is -0.143. The van der Waals surface area contributed by atoms with Crippen molar-refractivity contribution in [2.45, 2.75) is 26.2 Å². The predicted octanol–water partition coefficient (Wildman–Crippen LogP) is 5.62. The van der Waals surface area contributed by atoms with Crippen molar-refractivity contribution < 1.29 is 40.7 Å². The van der Waals surface area contributed by atoms with Crippen LogP contribution in [0.3, 0.4) is 0 Å². The summed E-state index contributed by atoms with van der Waals surface area (Å²) in [4.78, 5) is 38.1. The van der Waals surface area contributed by atoms with Crippen LogP contribution in [-0.4, -0.2) is 29.3 Å². The zero-order chi connectivity index (χ0) is 24.7. The van der Waals surface area contributed by atoms with Crippen molar-refractivity contribution in [3.05, 3.63) is 58.7 Å². The van der Waals surface area contributed by atoms with E-state index in [-0.39, 0.29) is 35.3 Å². The molecule has 3 rings (SSSR count). The van der Waals surface area contributed by atoms with E-state index in [1.165, 1.54) is 18.2 Å². The lowest BCUT2D eigenvalue weighted by Gasteiger charge is -2.15. The Morgan fingerprint density at radius 3 is 1.85 bits per heavy atom. The second-order valence-corrected chi connectivity index (χ2v) is 7.75. The number of hydrogen-bond donors (Lipinski definition) is 2. The highest BCUT2D eigenvalue weighted by Gasteiger charge is 2.38. The smallest absolute Gasteiger partial charge is 0.308 e. The number of alkyl halides is 6. The van der Waals surface area contributed by atoms with E-state index in [9.17, 15) is 40.7 Å². The van der Waals surface area contributed by atoms with Crippen molar-refractivity contribution >= 4 is 29.2 Å². The molecule has 0 atom stereocenters. The maximum atomic E-state index is 13.0. The third-order valence-corrected chi connectivity index (χ3v) is 4.62. The Balaban J connectivity index is 1.81. The van der Waals surface area contributed by atoms with Gasteiger partial charge < -0.3 is 10.6 Å². The zero-order valence-electron chi connectivity index (χ0n) is 17.2. The van der Waals surface area contributed by atoms with Crippen LogP contribution in [0.2, 0.25) is 0 Å². The molecular weight excluding hydrogens is 456 g/mol. The molecule has 6 nitrogen and oxygen atoms in total. The van der Waals surface area contributed by atoms with E-state index in [1.54, 1.807) is 0 Å². The molecule has 2 aromatic rings. The van der Waals surface area contributed by atoms with E-state index in [0.717, 1.165) is 4.90 Å². The molecule has 2 N–H and O–H groups in total. The standard InChI is InChI=1S/C21H17F6N3O3/c1-10(2)9-30-17(31)15-4-3-13(8-16(15)18(30)32)28-19(33)29-14-6-11(20(22,23)24)5-12(7-14)21(25,26)27/h3-8,10H,9H2,1-2H3,(H2,28,29,33). The van der Waals surface area contributed by atoms with Crippen molar-refractivity contribution in [1.29, 1.82) is 0 Å². The molecule has 0 bridgehead atoms. The zero-order valence-corrected chi connectivity index (χ0v) is 17.2. The fourth-order valence-electron chi connectivity index (χ4n) is 3.22. The number of urea groups is 1. The Bertz CT molecular complexity index is 1090. The van der Waals surface area contributed by atoms with Crippen molar-refractivity contribution in [2.75, 3.05) is 17.2 Å². The number of fused-ring (bicyclic) bond motifs is 1. The van der Waals surface area contributed by atoms with Crippen molar-refractivity contribution in [3.63, 3.8) is 0 Å². The Labute approximate surface area is 183 Å². The van der Waals surface area contributed by atoms with Gasteiger partial charge in [-0.3, -0.25) is 14.5 Å². The third-order valence-electron chi connectivity index (χ3n) is 4.62. The number of nitrogens with zero attached hydrogens (tertiary/aromatic N) is 1. The highest BCUT2D eigenvalue weighted by molar-refractivity contribution is 6.22. The van der Waals surface area contributed by atoms with E-state index in [1.807, 2.05) is 19.2 Å². The lowest BCUT2D eigenvalue weighted by atomic mass is 10.1. The van der Waals surface area contributed by atoms with Crippen LogP contribution >= 0.6 is 0 Å². The SMILES string of the molecule is CC(C)CN1C(=O)c2ccc(NC(=O)Nc3cc(C(F)(F)F)cc(C(F)(F)F)c3)cc2C1=O. The van der Waals surface area contributed by atoms with Gasteiger partial charge in [0.05, 0.1) is 22.3 Å². The van der Waals surface area contributed by atoms with E-state index in [2.05, 4.69) is 5.32 Å². The molecule has 0 saturated heterocycles. The van der Waals surface area contributed by atoms with E-state index < -0.39 is 47.0 Å².